The molecule has 1 rings (SSSR count). The van der Waals surface area contributed by atoms with Crippen LogP contribution in [-0.4, -0.2) is 5.94 Å². The highest BCUT2D eigenvalue weighted by atomic mass is 16.1. The molecule has 1 nitrogen and oxygen atoms in total. The molecule has 0 fully saturated rings. The Bertz CT molecular complexity index is 369. The lowest BCUT2D eigenvalue weighted by Crippen LogP contribution is -1.84. The highest BCUT2D eigenvalue weighted by molar-refractivity contribution is 5.77. The summed E-state index contributed by atoms with van der Waals surface area (Å²) in [5, 5.41) is 0. The molecule has 66 valence electrons. The second-order valence-corrected chi connectivity index (χ2v) is 2.82. The fourth-order valence-corrected chi connectivity index (χ4v) is 1.25. The SMILES string of the molecule is C/C=C\c1cccc(C=C=O)c1C. The van der Waals surface area contributed by atoms with Crippen LogP contribution in [0.2, 0.25) is 0 Å². The Morgan fingerprint density at radius 3 is 2.62 bits per heavy atom. The number of hydrogen-bond donors (Lipinski definition) is 0. The molecule has 13 heavy (non-hydrogen) atoms. The summed E-state index contributed by atoms with van der Waals surface area (Å²) in [5.74, 6) is 1.80. The quantitative estimate of drug-likeness (QED) is 0.627. The van der Waals surface area contributed by atoms with E-state index in [-0.39, 0.29) is 0 Å². The van der Waals surface area contributed by atoms with Crippen molar-refractivity contribution in [2.75, 3.05) is 0 Å². The smallest absolute Gasteiger partial charge is 0.125 e. The van der Waals surface area contributed by atoms with Crippen molar-refractivity contribution in [1.82, 2.24) is 0 Å². The van der Waals surface area contributed by atoms with Gasteiger partial charge < -0.3 is 0 Å². The number of benzene rings is 1. The molecule has 0 spiro atoms. The van der Waals surface area contributed by atoms with Crippen molar-refractivity contribution < 1.29 is 4.79 Å². The number of hydrogen-bond acceptors (Lipinski definition) is 1. The topological polar surface area (TPSA) is 17.1 Å². The lowest BCUT2D eigenvalue weighted by atomic mass is 10.0. The maximum atomic E-state index is 10.2. The molecule has 1 aromatic carbocycles. The molecule has 0 amide bonds. The minimum absolute atomic E-state index is 0.936. The van der Waals surface area contributed by atoms with Crippen molar-refractivity contribution in [3.05, 3.63) is 41.0 Å². The van der Waals surface area contributed by atoms with E-state index in [1.807, 2.05) is 44.2 Å². The predicted molar refractivity (Wildman–Crippen MR) is 56.0 cm³/mol. The maximum absolute atomic E-state index is 10.2. The first-order valence-electron chi connectivity index (χ1n) is 4.22. The number of rotatable bonds is 2. The van der Waals surface area contributed by atoms with E-state index < -0.39 is 0 Å². The predicted octanol–water partition coefficient (Wildman–Crippen LogP) is 2.87. The van der Waals surface area contributed by atoms with Crippen LogP contribution in [0.15, 0.2) is 24.3 Å². The second-order valence-electron chi connectivity index (χ2n) is 2.82. The molecular weight excluding hydrogens is 160 g/mol. The first-order chi connectivity index (χ1) is 6.29. The van der Waals surface area contributed by atoms with E-state index in [2.05, 4.69) is 0 Å². The van der Waals surface area contributed by atoms with E-state index in [4.69, 9.17) is 0 Å². The van der Waals surface area contributed by atoms with Crippen LogP contribution in [0.1, 0.15) is 23.6 Å². The third-order valence-corrected chi connectivity index (χ3v) is 1.98. The Balaban J connectivity index is 3.25. The molecule has 0 aliphatic carbocycles. The van der Waals surface area contributed by atoms with Crippen molar-refractivity contribution in [2.24, 2.45) is 0 Å². The van der Waals surface area contributed by atoms with Crippen molar-refractivity contribution in [2.45, 2.75) is 13.8 Å². The molecule has 0 bridgehead atoms. The van der Waals surface area contributed by atoms with Crippen LogP contribution in [0, 0.1) is 6.92 Å². The van der Waals surface area contributed by atoms with E-state index in [0.717, 1.165) is 16.7 Å². The fraction of sp³-hybridized carbons (Fsp3) is 0.167. The van der Waals surface area contributed by atoms with Crippen LogP contribution < -0.4 is 0 Å². The third-order valence-electron chi connectivity index (χ3n) is 1.98. The van der Waals surface area contributed by atoms with E-state index in [9.17, 15) is 4.79 Å². The summed E-state index contributed by atoms with van der Waals surface area (Å²) in [6.07, 6.45) is 5.47. The zero-order valence-corrected chi connectivity index (χ0v) is 7.87. The van der Waals surface area contributed by atoms with E-state index in [1.54, 1.807) is 5.94 Å². The highest BCUT2D eigenvalue weighted by Crippen LogP contribution is 2.15. The lowest BCUT2D eigenvalue weighted by molar-refractivity contribution is 0.570. The van der Waals surface area contributed by atoms with Gasteiger partial charge in [0.05, 0.1) is 0 Å². The summed E-state index contributed by atoms with van der Waals surface area (Å²) >= 11 is 0. The molecular formula is C12H12O. The van der Waals surface area contributed by atoms with Crippen LogP contribution in [0.4, 0.5) is 0 Å². The molecule has 0 N–H and O–H groups in total. The van der Waals surface area contributed by atoms with Crippen molar-refractivity contribution in [1.29, 1.82) is 0 Å². The highest BCUT2D eigenvalue weighted by Gasteiger charge is 1.97. The average molecular weight is 172 g/mol. The molecule has 0 saturated heterocycles. The molecule has 0 saturated carbocycles. The first-order valence-corrected chi connectivity index (χ1v) is 4.22. The lowest BCUT2D eigenvalue weighted by Gasteiger charge is -2.02. The van der Waals surface area contributed by atoms with Crippen molar-refractivity contribution in [3.63, 3.8) is 0 Å². The summed E-state index contributed by atoms with van der Waals surface area (Å²) < 4.78 is 0. The normalized spacial score (nSPS) is 10.0. The molecule has 0 aliphatic rings. The monoisotopic (exact) mass is 172 g/mol. The van der Waals surface area contributed by atoms with E-state index in [0.29, 0.717) is 0 Å². The summed E-state index contributed by atoms with van der Waals surface area (Å²) in [7, 11) is 0. The molecule has 0 heterocycles. The summed E-state index contributed by atoms with van der Waals surface area (Å²) in [6, 6.07) is 5.87. The zero-order chi connectivity index (χ0) is 9.68. The van der Waals surface area contributed by atoms with Crippen molar-refractivity contribution in [3.8, 4) is 0 Å². The Morgan fingerprint density at radius 1 is 1.31 bits per heavy atom. The summed E-state index contributed by atoms with van der Waals surface area (Å²) in [4.78, 5) is 10.2. The van der Waals surface area contributed by atoms with Gasteiger partial charge in [-0.1, -0.05) is 30.4 Å². The molecule has 1 heteroatoms. The van der Waals surface area contributed by atoms with Gasteiger partial charge in [0.2, 0.25) is 0 Å². The molecule has 0 atom stereocenters. The van der Waals surface area contributed by atoms with Gasteiger partial charge in [-0.2, -0.15) is 0 Å². The van der Waals surface area contributed by atoms with Gasteiger partial charge in [0.25, 0.3) is 0 Å². The van der Waals surface area contributed by atoms with Gasteiger partial charge in [-0.25, -0.2) is 4.79 Å². The Hall–Kier alpha value is -1.59. The molecule has 0 aliphatic heterocycles. The Labute approximate surface area is 78.4 Å². The van der Waals surface area contributed by atoms with Gasteiger partial charge >= 0.3 is 0 Å². The van der Waals surface area contributed by atoms with Gasteiger partial charge in [0.1, 0.15) is 5.94 Å². The minimum atomic E-state index is 0.936. The first kappa shape index (κ1) is 9.50. The largest absolute Gasteiger partial charge is 0.233 e. The second kappa shape index (κ2) is 4.44. The van der Waals surface area contributed by atoms with E-state index >= 15 is 0 Å². The van der Waals surface area contributed by atoms with Crippen molar-refractivity contribution >= 4 is 18.1 Å². The van der Waals surface area contributed by atoms with Crippen LogP contribution in [-0.2, 0) is 4.79 Å². The Kier molecular flexibility index (Phi) is 3.24. The van der Waals surface area contributed by atoms with Gasteiger partial charge in [-0.15, -0.1) is 0 Å². The standard InChI is InChI=1S/C12H12O/c1-3-5-11-6-4-7-12(8-9-13)10(11)2/h3-8H,1-2H3/b5-3-. The van der Waals surface area contributed by atoms with Gasteiger partial charge in [-0.05, 0) is 30.5 Å². The summed E-state index contributed by atoms with van der Waals surface area (Å²) in [5.41, 5.74) is 3.20. The minimum Gasteiger partial charge on any atom is -0.233 e. The van der Waals surface area contributed by atoms with Crippen LogP contribution in [0.25, 0.3) is 12.2 Å². The van der Waals surface area contributed by atoms with Gasteiger partial charge in [0, 0.05) is 6.08 Å². The maximum Gasteiger partial charge on any atom is 0.125 e. The Morgan fingerprint density at radius 2 is 2.00 bits per heavy atom. The van der Waals surface area contributed by atoms with Crippen LogP contribution >= 0.6 is 0 Å². The van der Waals surface area contributed by atoms with E-state index in [1.165, 1.54) is 6.08 Å². The number of allylic oxidation sites excluding steroid dienone is 1. The average Bonchev–Trinajstić information content (AvgIpc) is 2.13. The zero-order valence-electron chi connectivity index (χ0n) is 7.87. The summed E-state index contributed by atoms with van der Waals surface area (Å²) in [6.45, 7) is 3.97. The third kappa shape index (κ3) is 2.17. The van der Waals surface area contributed by atoms with Crippen LogP contribution in [0.3, 0.4) is 0 Å². The van der Waals surface area contributed by atoms with Gasteiger partial charge in [0.15, 0.2) is 0 Å². The van der Waals surface area contributed by atoms with Gasteiger partial charge in [-0.3, -0.25) is 0 Å². The molecule has 1 aromatic rings. The molecule has 0 unspecified atom stereocenters. The fourth-order valence-electron chi connectivity index (χ4n) is 1.25. The van der Waals surface area contributed by atoms with Crippen LogP contribution in [0.5, 0.6) is 0 Å². The molecule has 0 aromatic heterocycles. The molecule has 0 radical (unpaired) electrons. The number of carbonyl (C=O) groups excluding carboxylic acids is 1.